The van der Waals surface area contributed by atoms with Gasteiger partial charge >= 0.3 is 0 Å². The Balaban J connectivity index is 0.00000200. The number of hydrogen-bond acceptors (Lipinski definition) is 2. The number of carbonyl (C=O) groups excluding carboxylic acids is 1. The number of hydrogen-bond donors (Lipinski definition) is 1. The van der Waals surface area contributed by atoms with Gasteiger partial charge < -0.3 is 10.6 Å². The topological polar surface area (TPSA) is 46.3 Å². The van der Waals surface area contributed by atoms with Crippen molar-refractivity contribution < 1.29 is 4.79 Å². The Bertz CT molecular complexity index is 463. The van der Waals surface area contributed by atoms with E-state index in [0.29, 0.717) is 17.6 Å². The summed E-state index contributed by atoms with van der Waals surface area (Å²) in [6.45, 7) is 4.31. The predicted molar refractivity (Wildman–Crippen MR) is 85.2 cm³/mol. The summed E-state index contributed by atoms with van der Waals surface area (Å²) in [5, 5.41) is 0.717. The second-order valence-corrected chi connectivity index (χ2v) is 5.72. The maximum atomic E-state index is 12.5. The molecule has 0 saturated heterocycles. The molecule has 20 heavy (non-hydrogen) atoms. The lowest BCUT2D eigenvalue weighted by atomic mass is 10.0. The van der Waals surface area contributed by atoms with Crippen LogP contribution >= 0.6 is 24.0 Å². The van der Waals surface area contributed by atoms with Crippen LogP contribution in [0.2, 0.25) is 5.02 Å². The molecule has 0 heterocycles. The standard InChI is InChI=1S/C15H21ClN2O.ClH/c1-10(9-17)15(19)18(12-7-8-12)11(2)13-5-3-4-6-14(13)16;/h3-6,10-12H,7-9,17H2,1-2H3;1H. The minimum atomic E-state index is -0.134. The number of carbonyl (C=O) groups is 1. The summed E-state index contributed by atoms with van der Waals surface area (Å²) in [5.41, 5.74) is 6.63. The van der Waals surface area contributed by atoms with Crippen LogP contribution in [0.3, 0.4) is 0 Å². The van der Waals surface area contributed by atoms with Crippen molar-refractivity contribution >= 4 is 29.9 Å². The highest BCUT2D eigenvalue weighted by Gasteiger charge is 2.38. The third-order valence-electron chi connectivity index (χ3n) is 3.74. The molecule has 2 rings (SSSR count). The first-order valence-corrected chi connectivity index (χ1v) is 7.20. The molecule has 1 amide bonds. The molecule has 1 aromatic rings. The highest BCUT2D eigenvalue weighted by molar-refractivity contribution is 6.31. The van der Waals surface area contributed by atoms with Gasteiger partial charge in [0.15, 0.2) is 0 Å². The van der Waals surface area contributed by atoms with Crippen molar-refractivity contribution in [1.29, 1.82) is 0 Å². The number of benzene rings is 1. The van der Waals surface area contributed by atoms with E-state index in [0.717, 1.165) is 18.4 Å². The Labute approximate surface area is 131 Å². The molecule has 0 radical (unpaired) electrons. The average Bonchev–Trinajstić information content (AvgIpc) is 3.22. The van der Waals surface area contributed by atoms with Gasteiger partial charge in [-0.25, -0.2) is 0 Å². The van der Waals surface area contributed by atoms with E-state index in [1.54, 1.807) is 0 Å². The average molecular weight is 317 g/mol. The van der Waals surface area contributed by atoms with Gasteiger partial charge in [-0.05, 0) is 31.4 Å². The van der Waals surface area contributed by atoms with Gasteiger partial charge in [-0.2, -0.15) is 0 Å². The Kier molecular flexibility index (Phi) is 6.31. The fourth-order valence-electron chi connectivity index (χ4n) is 2.36. The minimum absolute atomic E-state index is 0. The van der Waals surface area contributed by atoms with E-state index in [1.807, 2.05) is 43.0 Å². The van der Waals surface area contributed by atoms with Crippen molar-refractivity contribution in [3.05, 3.63) is 34.9 Å². The van der Waals surface area contributed by atoms with Crippen molar-refractivity contribution in [2.24, 2.45) is 11.7 Å². The third kappa shape index (κ3) is 3.66. The largest absolute Gasteiger partial charge is 0.333 e. The van der Waals surface area contributed by atoms with E-state index in [1.165, 1.54) is 0 Å². The number of amides is 1. The maximum absolute atomic E-state index is 12.5. The first-order chi connectivity index (χ1) is 9.06. The molecule has 0 aromatic heterocycles. The van der Waals surface area contributed by atoms with Crippen LogP contribution in [-0.2, 0) is 4.79 Å². The van der Waals surface area contributed by atoms with E-state index in [9.17, 15) is 4.79 Å². The molecule has 0 spiro atoms. The van der Waals surface area contributed by atoms with Gasteiger partial charge in [-0.15, -0.1) is 12.4 Å². The van der Waals surface area contributed by atoms with Crippen molar-refractivity contribution in [2.45, 2.75) is 38.8 Å². The zero-order chi connectivity index (χ0) is 14.0. The smallest absolute Gasteiger partial charge is 0.227 e. The van der Waals surface area contributed by atoms with Crippen LogP contribution in [0.25, 0.3) is 0 Å². The lowest BCUT2D eigenvalue weighted by molar-refractivity contribution is -0.137. The molecule has 0 bridgehead atoms. The van der Waals surface area contributed by atoms with E-state index in [4.69, 9.17) is 17.3 Å². The molecule has 2 atom stereocenters. The summed E-state index contributed by atoms with van der Waals surface area (Å²) in [6.07, 6.45) is 2.16. The molecule has 2 unspecified atom stereocenters. The fraction of sp³-hybridized carbons (Fsp3) is 0.533. The molecule has 5 heteroatoms. The SMILES string of the molecule is CC(CN)C(=O)N(C1CC1)C(C)c1ccccc1Cl.Cl. The van der Waals surface area contributed by atoms with Gasteiger partial charge in [0.1, 0.15) is 0 Å². The van der Waals surface area contributed by atoms with Crippen molar-refractivity contribution in [1.82, 2.24) is 4.90 Å². The number of rotatable bonds is 5. The number of nitrogens with zero attached hydrogens (tertiary/aromatic N) is 1. The fourth-order valence-corrected chi connectivity index (χ4v) is 2.65. The van der Waals surface area contributed by atoms with Crippen LogP contribution in [0, 0.1) is 5.92 Å². The van der Waals surface area contributed by atoms with Gasteiger partial charge in [0.2, 0.25) is 5.91 Å². The Morgan fingerprint density at radius 2 is 2.00 bits per heavy atom. The zero-order valence-electron chi connectivity index (χ0n) is 11.9. The number of nitrogens with two attached hydrogens (primary N) is 1. The van der Waals surface area contributed by atoms with Crippen LogP contribution in [0.4, 0.5) is 0 Å². The molecular weight excluding hydrogens is 295 g/mol. The van der Waals surface area contributed by atoms with Gasteiger partial charge in [0.05, 0.1) is 6.04 Å². The van der Waals surface area contributed by atoms with Crippen LogP contribution < -0.4 is 5.73 Å². The lowest BCUT2D eigenvalue weighted by Crippen LogP contribution is -2.41. The molecule has 3 nitrogen and oxygen atoms in total. The summed E-state index contributed by atoms with van der Waals surface area (Å²) >= 11 is 6.24. The Morgan fingerprint density at radius 1 is 1.40 bits per heavy atom. The number of halogens is 2. The monoisotopic (exact) mass is 316 g/mol. The molecule has 1 aliphatic rings. The van der Waals surface area contributed by atoms with Crippen molar-refractivity contribution in [3.63, 3.8) is 0 Å². The van der Waals surface area contributed by atoms with Gasteiger partial charge in [-0.1, -0.05) is 36.7 Å². The van der Waals surface area contributed by atoms with Crippen LogP contribution in [0.15, 0.2) is 24.3 Å². The molecule has 1 saturated carbocycles. The summed E-state index contributed by atoms with van der Waals surface area (Å²) in [6, 6.07) is 8.08. The van der Waals surface area contributed by atoms with E-state index in [-0.39, 0.29) is 30.3 Å². The first-order valence-electron chi connectivity index (χ1n) is 6.83. The lowest BCUT2D eigenvalue weighted by Gasteiger charge is -2.32. The Morgan fingerprint density at radius 3 is 2.50 bits per heavy atom. The van der Waals surface area contributed by atoms with Gasteiger partial charge in [-0.3, -0.25) is 4.79 Å². The second kappa shape index (κ2) is 7.30. The summed E-state index contributed by atoms with van der Waals surface area (Å²) < 4.78 is 0. The second-order valence-electron chi connectivity index (χ2n) is 5.31. The van der Waals surface area contributed by atoms with Crippen LogP contribution in [0.1, 0.15) is 38.3 Å². The normalized spacial score (nSPS) is 17.0. The molecule has 1 aromatic carbocycles. The molecule has 1 fully saturated rings. The molecule has 0 aliphatic heterocycles. The van der Waals surface area contributed by atoms with Crippen LogP contribution in [0.5, 0.6) is 0 Å². The van der Waals surface area contributed by atoms with Gasteiger partial charge in [0.25, 0.3) is 0 Å². The first kappa shape index (κ1) is 17.3. The van der Waals surface area contributed by atoms with Crippen molar-refractivity contribution in [2.75, 3.05) is 6.54 Å². The zero-order valence-corrected chi connectivity index (χ0v) is 13.5. The summed E-state index contributed by atoms with van der Waals surface area (Å²) in [4.78, 5) is 14.5. The molecular formula is C15H22Cl2N2O. The van der Waals surface area contributed by atoms with E-state index < -0.39 is 0 Å². The molecule has 2 N–H and O–H groups in total. The summed E-state index contributed by atoms with van der Waals surface area (Å²) in [5.74, 6) is 0.00274. The third-order valence-corrected chi connectivity index (χ3v) is 4.09. The molecule has 1 aliphatic carbocycles. The molecule has 112 valence electrons. The quantitative estimate of drug-likeness (QED) is 0.904. The Hall–Kier alpha value is -0.770. The van der Waals surface area contributed by atoms with Crippen molar-refractivity contribution in [3.8, 4) is 0 Å². The van der Waals surface area contributed by atoms with Crippen LogP contribution in [-0.4, -0.2) is 23.4 Å². The minimum Gasteiger partial charge on any atom is -0.333 e. The van der Waals surface area contributed by atoms with E-state index in [2.05, 4.69) is 0 Å². The maximum Gasteiger partial charge on any atom is 0.227 e. The highest BCUT2D eigenvalue weighted by atomic mass is 35.5. The van der Waals surface area contributed by atoms with Gasteiger partial charge in [0, 0.05) is 23.5 Å². The summed E-state index contributed by atoms with van der Waals surface area (Å²) in [7, 11) is 0. The highest BCUT2D eigenvalue weighted by Crippen LogP contribution is 2.37. The predicted octanol–water partition coefficient (Wildman–Crippen LogP) is 3.41. The van der Waals surface area contributed by atoms with E-state index >= 15 is 0 Å².